The van der Waals surface area contributed by atoms with E-state index in [4.69, 9.17) is 16.3 Å². The largest absolute Gasteiger partial charge is 0.502 e. The summed E-state index contributed by atoms with van der Waals surface area (Å²) in [5, 5.41) is 4.07. The van der Waals surface area contributed by atoms with E-state index < -0.39 is 0 Å². The minimum Gasteiger partial charge on any atom is -0.502 e. The molecule has 4 heteroatoms. The van der Waals surface area contributed by atoms with E-state index in [1.807, 2.05) is 18.2 Å². The molecule has 1 aromatic rings. The van der Waals surface area contributed by atoms with Crippen molar-refractivity contribution in [3.8, 4) is 0 Å². The number of nitrogens with one attached hydrogen (secondary N) is 1. The Bertz CT molecular complexity index is 344. The Labute approximate surface area is 110 Å². The van der Waals surface area contributed by atoms with Crippen molar-refractivity contribution in [2.24, 2.45) is 0 Å². The zero-order valence-electron chi connectivity index (χ0n) is 9.01. The molecule has 0 aliphatic heterocycles. The van der Waals surface area contributed by atoms with Gasteiger partial charge in [-0.3, -0.25) is 0 Å². The summed E-state index contributed by atoms with van der Waals surface area (Å²) in [4.78, 5) is 0. The average Bonchev–Trinajstić information content (AvgIpc) is 2.28. The minimum absolute atomic E-state index is 0.709. The first-order valence-electron chi connectivity index (χ1n) is 5.11. The van der Waals surface area contributed by atoms with Gasteiger partial charge in [0.1, 0.15) is 0 Å². The van der Waals surface area contributed by atoms with E-state index in [1.165, 1.54) is 11.8 Å². The topological polar surface area (TPSA) is 21.3 Å². The quantitative estimate of drug-likeness (QED) is 0.612. The molecule has 0 aliphatic carbocycles. The molecule has 0 radical (unpaired) electrons. The van der Waals surface area contributed by atoms with E-state index in [2.05, 4.69) is 27.8 Å². The third kappa shape index (κ3) is 5.01. The van der Waals surface area contributed by atoms with Gasteiger partial charge in [0.05, 0.1) is 17.9 Å². The molecule has 0 aliphatic rings. The van der Waals surface area contributed by atoms with E-state index in [-0.39, 0.29) is 0 Å². The summed E-state index contributed by atoms with van der Waals surface area (Å²) in [6.07, 6.45) is 2.44. The summed E-state index contributed by atoms with van der Waals surface area (Å²) in [6, 6.07) is 5.93. The maximum atomic E-state index is 5.91. The van der Waals surface area contributed by atoms with Crippen LogP contribution in [0.5, 0.6) is 0 Å². The summed E-state index contributed by atoms with van der Waals surface area (Å²) in [5.74, 6) is 0. The Kier molecular flexibility index (Phi) is 6.53. The lowest BCUT2D eigenvalue weighted by Crippen LogP contribution is -2.15. The molecule has 16 heavy (non-hydrogen) atoms. The second-order valence-corrected chi connectivity index (χ2v) is 4.58. The van der Waals surface area contributed by atoms with Gasteiger partial charge in [-0.1, -0.05) is 24.2 Å². The molecule has 88 valence electrons. The highest BCUT2D eigenvalue weighted by Crippen LogP contribution is 2.22. The molecular weight excluding hydrogens is 289 g/mol. The van der Waals surface area contributed by atoms with E-state index in [0.717, 1.165) is 29.0 Å². The molecule has 2 nitrogen and oxygen atoms in total. The monoisotopic (exact) mass is 303 g/mol. The van der Waals surface area contributed by atoms with Crippen molar-refractivity contribution in [3.05, 3.63) is 46.1 Å². The number of hydrogen-bond donors (Lipinski definition) is 1. The number of benzene rings is 1. The molecule has 0 aromatic heterocycles. The maximum absolute atomic E-state index is 5.91. The first-order valence-corrected chi connectivity index (χ1v) is 6.28. The third-order valence-electron chi connectivity index (χ3n) is 2.05. The van der Waals surface area contributed by atoms with Crippen molar-refractivity contribution >= 4 is 27.5 Å². The van der Waals surface area contributed by atoms with Crippen LogP contribution < -0.4 is 5.32 Å². The fourth-order valence-electron chi connectivity index (χ4n) is 1.25. The number of hydrogen-bond acceptors (Lipinski definition) is 2. The van der Waals surface area contributed by atoms with Gasteiger partial charge >= 0.3 is 0 Å². The summed E-state index contributed by atoms with van der Waals surface area (Å²) in [6.45, 7) is 5.95. The lowest BCUT2D eigenvalue weighted by molar-refractivity contribution is 0.244. The molecular formula is C12H15BrClNO. The van der Waals surface area contributed by atoms with Crippen LogP contribution in [-0.2, 0) is 11.3 Å². The van der Waals surface area contributed by atoms with Gasteiger partial charge in [0.15, 0.2) is 0 Å². The standard InChI is InChI=1S/C12H15BrClNO/c1-2-16-7-3-6-15-9-10-4-5-12(14)11(13)8-10/h2,4-5,8,15H,1,3,6-7,9H2. The van der Waals surface area contributed by atoms with Crippen molar-refractivity contribution in [1.82, 2.24) is 5.32 Å². The van der Waals surface area contributed by atoms with Gasteiger partial charge in [-0.15, -0.1) is 0 Å². The molecule has 0 saturated heterocycles. The third-order valence-corrected chi connectivity index (χ3v) is 3.26. The molecule has 0 unspecified atom stereocenters. The Morgan fingerprint density at radius 1 is 1.50 bits per heavy atom. The van der Waals surface area contributed by atoms with Crippen molar-refractivity contribution in [2.75, 3.05) is 13.2 Å². The van der Waals surface area contributed by atoms with Gasteiger partial charge in [0.25, 0.3) is 0 Å². The Hall–Kier alpha value is -0.510. The van der Waals surface area contributed by atoms with Crippen LogP contribution in [0.25, 0.3) is 0 Å². The van der Waals surface area contributed by atoms with Gasteiger partial charge in [0, 0.05) is 11.0 Å². The molecule has 1 rings (SSSR count). The second kappa shape index (κ2) is 7.71. The molecule has 0 heterocycles. The lowest BCUT2D eigenvalue weighted by atomic mass is 10.2. The highest BCUT2D eigenvalue weighted by Gasteiger charge is 1.98. The highest BCUT2D eigenvalue weighted by atomic mass is 79.9. The summed E-state index contributed by atoms with van der Waals surface area (Å²) >= 11 is 9.30. The Morgan fingerprint density at radius 3 is 3.00 bits per heavy atom. The molecule has 0 bridgehead atoms. The van der Waals surface area contributed by atoms with Crippen LogP contribution in [0.1, 0.15) is 12.0 Å². The maximum Gasteiger partial charge on any atom is 0.0885 e. The van der Waals surface area contributed by atoms with Crippen molar-refractivity contribution in [2.45, 2.75) is 13.0 Å². The van der Waals surface area contributed by atoms with Crippen molar-refractivity contribution in [1.29, 1.82) is 0 Å². The SMILES string of the molecule is C=COCCCNCc1ccc(Cl)c(Br)c1. The Balaban J connectivity index is 2.21. The summed E-state index contributed by atoms with van der Waals surface area (Å²) in [5.41, 5.74) is 1.21. The second-order valence-electron chi connectivity index (χ2n) is 3.32. The van der Waals surface area contributed by atoms with Gasteiger partial charge in [0.2, 0.25) is 0 Å². The predicted octanol–water partition coefficient (Wildman–Crippen LogP) is 3.74. The highest BCUT2D eigenvalue weighted by molar-refractivity contribution is 9.10. The molecule has 0 amide bonds. The minimum atomic E-state index is 0.709. The van der Waals surface area contributed by atoms with Crippen LogP contribution >= 0.6 is 27.5 Å². The zero-order chi connectivity index (χ0) is 11.8. The predicted molar refractivity (Wildman–Crippen MR) is 71.6 cm³/mol. The smallest absolute Gasteiger partial charge is 0.0885 e. The molecule has 0 spiro atoms. The lowest BCUT2D eigenvalue weighted by Gasteiger charge is -2.06. The van der Waals surface area contributed by atoms with E-state index in [1.54, 1.807) is 0 Å². The van der Waals surface area contributed by atoms with E-state index >= 15 is 0 Å². The van der Waals surface area contributed by atoms with Gasteiger partial charge < -0.3 is 10.1 Å². The molecule has 0 atom stereocenters. The summed E-state index contributed by atoms with van der Waals surface area (Å²) in [7, 11) is 0. The first kappa shape index (κ1) is 13.6. The van der Waals surface area contributed by atoms with Gasteiger partial charge in [-0.25, -0.2) is 0 Å². The van der Waals surface area contributed by atoms with Crippen LogP contribution in [0.15, 0.2) is 35.5 Å². The fraction of sp³-hybridized carbons (Fsp3) is 0.333. The number of ether oxygens (including phenoxy) is 1. The zero-order valence-corrected chi connectivity index (χ0v) is 11.4. The van der Waals surface area contributed by atoms with Gasteiger partial charge in [-0.2, -0.15) is 0 Å². The summed E-state index contributed by atoms with van der Waals surface area (Å²) < 4.78 is 5.95. The average molecular weight is 305 g/mol. The molecule has 0 fully saturated rings. The normalized spacial score (nSPS) is 10.1. The van der Waals surface area contributed by atoms with Crippen LogP contribution in [0, 0.1) is 0 Å². The van der Waals surface area contributed by atoms with Crippen LogP contribution in [-0.4, -0.2) is 13.2 Å². The van der Waals surface area contributed by atoms with Crippen LogP contribution in [0.2, 0.25) is 5.02 Å². The van der Waals surface area contributed by atoms with Crippen molar-refractivity contribution < 1.29 is 4.74 Å². The number of rotatable bonds is 7. The Morgan fingerprint density at radius 2 is 2.31 bits per heavy atom. The molecule has 1 N–H and O–H groups in total. The fourth-order valence-corrected chi connectivity index (χ4v) is 1.79. The van der Waals surface area contributed by atoms with Gasteiger partial charge in [-0.05, 0) is 46.6 Å². The van der Waals surface area contributed by atoms with Crippen LogP contribution in [0.4, 0.5) is 0 Å². The van der Waals surface area contributed by atoms with Crippen LogP contribution in [0.3, 0.4) is 0 Å². The van der Waals surface area contributed by atoms with E-state index in [9.17, 15) is 0 Å². The molecule has 1 aromatic carbocycles. The molecule has 0 saturated carbocycles. The van der Waals surface area contributed by atoms with E-state index in [0.29, 0.717) is 6.61 Å². The van der Waals surface area contributed by atoms with Crippen molar-refractivity contribution in [3.63, 3.8) is 0 Å². The number of halogens is 2. The first-order chi connectivity index (χ1) is 7.74.